The van der Waals surface area contributed by atoms with E-state index in [4.69, 9.17) is 6.57 Å². The summed E-state index contributed by atoms with van der Waals surface area (Å²) < 4.78 is 0. The number of nitrogens with zero attached hydrogens (tertiary/aromatic N) is 1. The molecular formula is C14H9N. The van der Waals surface area contributed by atoms with Crippen LogP contribution in [-0.4, -0.2) is 0 Å². The van der Waals surface area contributed by atoms with Crippen LogP contribution in [-0.2, 0) is 6.42 Å². The van der Waals surface area contributed by atoms with Gasteiger partial charge in [0, 0.05) is 0 Å². The fraction of sp³-hybridized carbons (Fsp3) is 0.0714. The third kappa shape index (κ3) is 1.15. The highest BCUT2D eigenvalue weighted by Crippen LogP contribution is 2.38. The average molecular weight is 191 g/mol. The fourth-order valence-electron chi connectivity index (χ4n) is 2.18. The summed E-state index contributed by atoms with van der Waals surface area (Å²) in [4.78, 5) is 3.47. The number of hydrogen-bond acceptors (Lipinski definition) is 0. The molecule has 0 aromatic heterocycles. The van der Waals surface area contributed by atoms with Gasteiger partial charge in [0.05, 0.1) is 6.57 Å². The van der Waals surface area contributed by atoms with E-state index in [1.807, 2.05) is 12.1 Å². The minimum atomic E-state index is 0.727. The second-order valence-corrected chi connectivity index (χ2v) is 3.79. The van der Waals surface area contributed by atoms with Gasteiger partial charge in [-0.1, -0.05) is 36.4 Å². The number of rotatable bonds is 0. The molecule has 0 saturated heterocycles. The van der Waals surface area contributed by atoms with E-state index in [-0.39, 0.29) is 0 Å². The third-order valence-corrected chi connectivity index (χ3v) is 2.91. The highest BCUT2D eigenvalue weighted by Gasteiger charge is 2.17. The van der Waals surface area contributed by atoms with Gasteiger partial charge in [0.25, 0.3) is 0 Å². The van der Waals surface area contributed by atoms with Gasteiger partial charge in [-0.2, -0.15) is 0 Å². The van der Waals surface area contributed by atoms with Crippen LogP contribution in [0.2, 0.25) is 0 Å². The minimum Gasteiger partial charge on any atom is -0.238 e. The van der Waals surface area contributed by atoms with E-state index >= 15 is 0 Å². The molecule has 2 aromatic carbocycles. The van der Waals surface area contributed by atoms with Crippen LogP contribution in [0.4, 0.5) is 5.69 Å². The second kappa shape index (κ2) is 2.96. The van der Waals surface area contributed by atoms with Gasteiger partial charge in [-0.15, -0.1) is 0 Å². The van der Waals surface area contributed by atoms with Gasteiger partial charge < -0.3 is 0 Å². The van der Waals surface area contributed by atoms with Gasteiger partial charge in [-0.05, 0) is 34.7 Å². The van der Waals surface area contributed by atoms with Crippen molar-refractivity contribution in [2.24, 2.45) is 0 Å². The van der Waals surface area contributed by atoms with Gasteiger partial charge in [-0.3, -0.25) is 0 Å². The van der Waals surface area contributed by atoms with Crippen molar-refractivity contribution >= 4 is 5.69 Å². The summed E-state index contributed by atoms with van der Waals surface area (Å²) in [7, 11) is 0. The summed E-state index contributed by atoms with van der Waals surface area (Å²) in [5.41, 5.74) is 5.96. The van der Waals surface area contributed by atoms with Crippen molar-refractivity contribution in [1.82, 2.24) is 0 Å². The number of benzene rings is 2. The molecule has 3 rings (SSSR count). The molecule has 1 aliphatic carbocycles. The van der Waals surface area contributed by atoms with E-state index in [1.165, 1.54) is 22.3 Å². The molecule has 1 aliphatic rings. The Labute approximate surface area is 88.8 Å². The first-order valence-corrected chi connectivity index (χ1v) is 4.97. The second-order valence-electron chi connectivity index (χ2n) is 3.79. The molecule has 0 fully saturated rings. The Morgan fingerprint density at radius 3 is 2.60 bits per heavy atom. The molecule has 0 unspecified atom stereocenters. The Morgan fingerprint density at radius 1 is 0.933 bits per heavy atom. The minimum absolute atomic E-state index is 0.727. The van der Waals surface area contributed by atoms with E-state index in [2.05, 4.69) is 35.2 Å². The molecular weight excluding hydrogens is 182 g/mol. The first-order valence-electron chi connectivity index (χ1n) is 4.97. The summed E-state index contributed by atoms with van der Waals surface area (Å²) >= 11 is 0. The van der Waals surface area contributed by atoms with E-state index in [1.54, 1.807) is 0 Å². The van der Waals surface area contributed by atoms with E-state index in [0.29, 0.717) is 0 Å². The predicted octanol–water partition coefficient (Wildman–Crippen LogP) is 3.81. The maximum absolute atomic E-state index is 7.02. The molecule has 1 heteroatoms. The van der Waals surface area contributed by atoms with Gasteiger partial charge >= 0.3 is 0 Å². The van der Waals surface area contributed by atoms with Crippen molar-refractivity contribution in [3.05, 3.63) is 65.0 Å². The van der Waals surface area contributed by atoms with Crippen molar-refractivity contribution in [1.29, 1.82) is 0 Å². The molecule has 0 bridgehead atoms. The lowest BCUT2D eigenvalue weighted by Gasteiger charge is -2.00. The number of fused-ring (bicyclic) bond motifs is 3. The SMILES string of the molecule is [C-]#[N+]c1ccc2c(c1)-c1ccccc1C2. The summed E-state index contributed by atoms with van der Waals surface area (Å²) in [6.45, 7) is 7.02. The Kier molecular flexibility index (Phi) is 1.63. The fourth-order valence-corrected chi connectivity index (χ4v) is 2.18. The van der Waals surface area contributed by atoms with E-state index in [9.17, 15) is 0 Å². The highest BCUT2D eigenvalue weighted by molar-refractivity contribution is 5.79. The van der Waals surface area contributed by atoms with Gasteiger partial charge in [-0.25, -0.2) is 4.85 Å². The lowest BCUT2D eigenvalue weighted by molar-refractivity contribution is 1.26. The molecule has 0 amide bonds. The molecule has 0 aliphatic heterocycles. The molecule has 0 spiro atoms. The largest absolute Gasteiger partial charge is 0.238 e. The molecule has 0 atom stereocenters. The van der Waals surface area contributed by atoms with Crippen LogP contribution in [0.15, 0.2) is 42.5 Å². The van der Waals surface area contributed by atoms with Crippen LogP contribution in [0.5, 0.6) is 0 Å². The van der Waals surface area contributed by atoms with Crippen LogP contribution in [0.25, 0.3) is 16.0 Å². The molecule has 15 heavy (non-hydrogen) atoms. The zero-order valence-corrected chi connectivity index (χ0v) is 8.20. The summed E-state index contributed by atoms with van der Waals surface area (Å²) in [5, 5.41) is 0. The standard InChI is InChI=1S/C14H9N/c1-15-12-7-6-11-8-10-4-2-3-5-13(10)14(11)9-12/h2-7,9H,8H2. The molecule has 0 heterocycles. The first-order chi connectivity index (χ1) is 7.38. The molecule has 0 N–H and O–H groups in total. The van der Waals surface area contributed by atoms with Crippen LogP contribution in [0, 0.1) is 6.57 Å². The van der Waals surface area contributed by atoms with E-state index in [0.717, 1.165) is 12.1 Å². The lowest BCUT2D eigenvalue weighted by Crippen LogP contribution is -1.77. The van der Waals surface area contributed by atoms with Crippen LogP contribution in [0.1, 0.15) is 11.1 Å². The normalized spacial score (nSPS) is 11.7. The number of hydrogen-bond donors (Lipinski definition) is 0. The molecule has 70 valence electrons. The molecule has 0 radical (unpaired) electrons. The lowest BCUT2D eigenvalue weighted by atomic mass is 10.1. The smallest absolute Gasteiger partial charge is 0.187 e. The van der Waals surface area contributed by atoms with Gasteiger partial charge in [0.2, 0.25) is 0 Å². The maximum atomic E-state index is 7.02. The molecule has 2 aromatic rings. The van der Waals surface area contributed by atoms with Crippen LogP contribution >= 0.6 is 0 Å². The Hall–Kier alpha value is -2.07. The Balaban J connectivity index is 2.27. The predicted molar refractivity (Wildman–Crippen MR) is 60.9 cm³/mol. The summed E-state index contributed by atoms with van der Waals surface area (Å²) in [5.74, 6) is 0. The summed E-state index contributed by atoms with van der Waals surface area (Å²) in [6, 6.07) is 14.4. The van der Waals surface area contributed by atoms with Crippen molar-refractivity contribution < 1.29 is 0 Å². The van der Waals surface area contributed by atoms with Crippen molar-refractivity contribution in [2.45, 2.75) is 6.42 Å². The zero-order chi connectivity index (χ0) is 10.3. The monoisotopic (exact) mass is 191 g/mol. The first kappa shape index (κ1) is 8.26. The Morgan fingerprint density at radius 2 is 1.73 bits per heavy atom. The quantitative estimate of drug-likeness (QED) is 0.476. The summed E-state index contributed by atoms with van der Waals surface area (Å²) in [6.07, 6.45) is 1.00. The zero-order valence-electron chi connectivity index (χ0n) is 8.20. The average Bonchev–Trinajstić information content (AvgIpc) is 2.66. The Bertz CT molecular complexity index is 576. The van der Waals surface area contributed by atoms with Crippen molar-refractivity contribution in [2.75, 3.05) is 0 Å². The molecule has 0 saturated carbocycles. The molecule has 1 nitrogen and oxygen atoms in total. The van der Waals surface area contributed by atoms with E-state index < -0.39 is 0 Å². The van der Waals surface area contributed by atoms with Gasteiger partial charge in [0.15, 0.2) is 5.69 Å². The van der Waals surface area contributed by atoms with Crippen LogP contribution in [0.3, 0.4) is 0 Å². The van der Waals surface area contributed by atoms with Crippen molar-refractivity contribution in [3.63, 3.8) is 0 Å². The highest BCUT2D eigenvalue weighted by atomic mass is 14.6. The van der Waals surface area contributed by atoms with Crippen LogP contribution < -0.4 is 0 Å². The van der Waals surface area contributed by atoms with Gasteiger partial charge in [0.1, 0.15) is 0 Å². The topological polar surface area (TPSA) is 4.36 Å². The maximum Gasteiger partial charge on any atom is 0.187 e. The third-order valence-electron chi connectivity index (χ3n) is 2.91. The van der Waals surface area contributed by atoms with Crippen molar-refractivity contribution in [3.8, 4) is 11.1 Å².